The van der Waals surface area contributed by atoms with Crippen LogP contribution in [0, 0.1) is 0 Å². The van der Waals surface area contributed by atoms with Gasteiger partial charge in [0.1, 0.15) is 6.04 Å². The summed E-state index contributed by atoms with van der Waals surface area (Å²) in [5.74, 6) is 1.74. The van der Waals surface area contributed by atoms with Crippen LogP contribution in [0.15, 0.2) is 29.1 Å². The first-order valence-corrected chi connectivity index (χ1v) is 17.8. The molecule has 0 bridgehead atoms. The molecule has 2 aliphatic rings. The van der Waals surface area contributed by atoms with Crippen LogP contribution >= 0.6 is 23.1 Å². The minimum Gasteiger partial charge on any atom is -0.493 e. The van der Waals surface area contributed by atoms with Gasteiger partial charge in [-0.1, -0.05) is 12.5 Å². The van der Waals surface area contributed by atoms with Crippen molar-refractivity contribution < 1.29 is 23.8 Å². The van der Waals surface area contributed by atoms with Crippen LogP contribution in [0.25, 0.3) is 11.1 Å². The van der Waals surface area contributed by atoms with E-state index >= 15 is 0 Å². The van der Waals surface area contributed by atoms with Gasteiger partial charge in [-0.2, -0.15) is 11.8 Å². The molecule has 3 N–H and O–H groups in total. The molecule has 0 spiro atoms. The van der Waals surface area contributed by atoms with E-state index in [-0.39, 0.29) is 22.9 Å². The number of nitrogens with one attached hydrogen (secondary N) is 3. The van der Waals surface area contributed by atoms with E-state index in [0.29, 0.717) is 47.2 Å². The minimum absolute atomic E-state index is 0.199. The number of benzene rings is 1. The Morgan fingerprint density at radius 1 is 1.04 bits per heavy atom. The van der Waals surface area contributed by atoms with E-state index < -0.39 is 12.1 Å². The maximum Gasteiger partial charge on any atom is 0.248 e. The molecular formula is C34H42N4O6S2. The lowest BCUT2D eigenvalue weighted by molar-refractivity contribution is -0.120. The predicted molar refractivity (Wildman–Crippen MR) is 185 cm³/mol. The Kier molecular flexibility index (Phi) is 11.1. The molecule has 1 aromatic heterocycles. The van der Waals surface area contributed by atoms with E-state index in [4.69, 9.17) is 19.2 Å². The first-order chi connectivity index (χ1) is 22.3. The second-order valence-electron chi connectivity index (χ2n) is 11.5. The number of amides is 2. The third kappa shape index (κ3) is 7.28. The molecule has 2 aromatic carbocycles. The van der Waals surface area contributed by atoms with Crippen LogP contribution in [0.3, 0.4) is 0 Å². The maximum absolute atomic E-state index is 13.9. The molecule has 10 nitrogen and oxygen atoms in total. The number of thioether (sulfide) groups is 1. The molecule has 12 heteroatoms. The third-order valence-corrected chi connectivity index (χ3v) is 10.2. The first kappa shape index (κ1) is 33.6. The summed E-state index contributed by atoms with van der Waals surface area (Å²) in [5.41, 5.74) is 4.17. The van der Waals surface area contributed by atoms with Gasteiger partial charge in [0.15, 0.2) is 16.6 Å². The Balaban J connectivity index is 1.55. The smallest absolute Gasteiger partial charge is 0.248 e. The van der Waals surface area contributed by atoms with Crippen molar-refractivity contribution in [2.45, 2.75) is 70.4 Å². The van der Waals surface area contributed by atoms with Gasteiger partial charge in [0.25, 0.3) is 0 Å². The summed E-state index contributed by atoms with van der Waals surface area (Å²) in [5, 5.41) is 9.92. The molecule has 0 saturated carbocycles. The predicted octanol–water partition coefficient (Wildman–Crippen LogP) is 5.76. The summed E-state index contributed by atoms with van der Waals surface area (Å²) in [6.45, 7) is 1.47. The van der Waals surface area contributed by atoms with Crippen LogP contribution in [0.4, 0.5) is 10.8 Å². The van der Waals surface area contributed by atoms with Gasteiger partial charge in [0.05, 0.1) is 38.8 Å². The Hall–Kier alpha value is -3.77. The van der Waals surface area contributed by atoms with E-state index in [2.05, 4.69) is 16.0 Å². The number of aryl methyl sites for hydroxylation is 3. The SMILES string of the molecule is COc1cc2c(c(OC)c1OC)-c1ccc(N[C@H](CCSC)C(=O)Nc3nc4c(s3)CCCCC4)c(=O)cc1[C@@H](NC(C)=O)CC2. The van der Waals surface area contributed by atoms with Gasteiger partial charge in [0.2, 0.25) is 23.0 Å². The Bertz CT molecular complexity index is 1640. The number of carbonyl (C=O) groups is 2. The van der Waals surface area contributed by atoms with Crippen molar-refractivity contribution in [3.05, 3.63) is 56.2 Å². The first-order valence-electron chi connectivity index (χ1n) is 15.6. The van der Waals surface area contributed by atoms with Crippen LogP contribution in [-0.2, 0) is 28.9 Å². The highest BCUT2D eigenvalue weighted by Crippen LogP contribution is 2.50. The fraction of sp³-hybridized carbons (Fsp3) is 0.471. The average molecular weight is 667 g/mol. The lowest BCUT2D eigenvalue weighted by Crippen LogP contribution is -2.36. The molecule has 5 rings (SSSR count). The highest BCUT2D eigenvalue weighted by molar-refractivity contribution is 7.98. The summed E-state index contributed by atoms with van der Waals surface area (Å²) < 4.78 is 17.2. The van der Waals surface area contributed by atoms with Crippen molar-refractivity contribution in [2.24, 2.45) is 0 Å². The molecule has 0 unspecified atom stereocenters. The fourth-order valence-corrected chi connectivity index (χ4v) is 7.82. The standard InChI is InChI=1S/C34H42N4O6S2/c1-19(39)35-23-13-11-20-17-28(42-2)31(43-3)32(44-4)30(20)21-12-14-24(27(40)18-22(21)23)36-26(15-16-45-5)33(41)38-34-37-25-9-7-6-8-10-29(25)46-34/h12,14,17-18,23,26H,6-11,13,15-16H2,1-5H3,(H,35,39)(H,36,40)(H,37,38,41)/t23-,26+/m0/s1. The van der Waals surface area contributed by atoms with Crippen LogP contribution in [0.5, 0.6) is 17.2 Å². The highest BCUT2D eigenvalue weighted by Gasteiger charge is 2.30. The van der Waals surface area contributed by atoms with Crippen molar-refractivity contribution in [1.82, 2.24) is 10.3 Å². The van der Waals surface area contributed by atoms with E-state index in [1.807, 2.05) is 18.4 Å². The maximum atomic E-state index is 13.9. The Morgan fingerprint density at radius 2 is 1.83 bits per heavy atom. The summed E-state index contributed by atoms with van der Waals surface area (Å²) in [6.07, 6.45) is 9.05. The monoisotopic (exact) mass is 666 g/mol. The average Bonchev–Trinajstić information content (AvgIpc) is 3.14. The molecule has 3 aromatic rings. The second kappa shape index (κ2) is 15.2. The number of hydrogen-bond acceptors (Lipinski definition) is 10. The molecular weight excluding hydrogens is 625 g/mol. The topological polar surface area (TPSA) is 128 Å². The molecule has 0 fully saturated rings. The lowest BCUT2D eigenvalue weighted by atomic mass is 9.95. The number of methoxy groups -OCH3 is 3. The molecule has 246 valence electrons. The summed E-state index contributed by atoms with van der Waals surface area (Å²) in [6, 6.07) is 5.96. The van der Waals surface area contributed by atoms with Crippen molar-refractivity contribution in [1.29, 1.82) is 0 Å². The molecule has 0 saturated heterocycles. The van der Waals surface area contributed by atoms with Gasteiger partial charge >= 0.3 is 0 Å². The van der Waals surface area contributed by atoms with Gasteiger partial charge in [-0.25, -0.2) is 4.98 Å². The van der Waals surface area contributed by atoms with E-state index in [1.165, 1.54) is 18.2 Å². The number of carbonyl (C=O) groups excluding carboxylic acids is 2. The molecule has 1 heterocycles. The third-order valence-electron chi connectivity index (χ3n) is 8.50. The van der Waals surface area contributed by atoms with Gasteiger partial charge in [-0.05, 0) is 91.8 Å². The molecule has 2 atom stereocenters. The molecule has 0 radical (unpaired) electrons. The number of thiazole rings is 1. The van der Waals surface area contributed by atoms with Crippen molar-refractivity contribution in [3.63, 3.8) is 0 Å². The quantitative estimate of drug-likeness (QED) is 0.219. The normalized spacial score (nSPS) is 16.0. The molecule has 2 aliphatic carbocycles. The largest absolute Gasteiger partial charge is 0.493 e. The van der Waals surface area contributed by atoms with Crippen molar-refractivity contribution >= 4 is 45.7 Å². The summed E-state index contributed by atoms with van der Waals surface area (Å²) >= 11 is 3.18. The summed E-state index contributed by atoms with van der Waals surface area (Å²) in [7, 11) is 4.69. The minimum atomic E-state index is -0.664. The second-order valence-corrected chi connectivity index (χ2v) is 13.6. The Labute approximate surface area is 278 Å². The van der Waals surface area contributed by atoms with Crippen LogP contribution in [-0.4, -0.2) is 56.2 Å². The van der Waals surface area contributed by atoms with Crippen LogP contribution < -0.4 is 35.6 Å². The number of fused-ring (bicyclic) bond motifs is 4. The zero-order valence-corrected chi connectivity index (χ0v) is 28.7. The zero-order valence-electron chi connectivity index (χ0n) is 27.0. The van der Waals surface area contributed by atoms with E-state index in [1.54, 1.807) is 56.6 Å². The van der Waals surface area contributed by atoms with Gasteiger partial charge in [0, 0.05) is 17.4 Å². The number of nitrogens with zero attached hydrogens (tertiary/aromatic N) is 1. The van der Waals surface area contributed by atoms with E-state index in [0.717, 1.165) is 53.8 Å². The molecule has 46 heavy (non-hydrogen) atoms. The number of aromatic nitrogens is 1. The summed E-state index contributed by atoms with van der Waals surface area (Å²) in [4.78, 5) is 45.8. The van der Waals surface area contributed by atoms with Gasteiger partial charge < -0.3 is 30.2 Å². The number of rotatable bonds is 11. The highest BCUT2D eigenvalue weighted by atomic mass is 32.2. The number of ether oxygens (including phenoxy) is 3. The fourth-order valence-electron chi connectivity index (χ4n) is 6.29. The number of hydrogen-bond donors (Lipinski definition) is 3. The van der Waals surface area contributed by atoms with Crippen molar-refractivity contribution in [2.75, 3.05) is 44.0 Å². The zero-order chi connectivity index (χ0) is 32.8. The Morgan fingerprint density at radius 3 is 2.54 bits per heavy atom. The number of anilines is 2. The van der Waals surface area contributed by atoms with Gasteiger partial charge in [-0.3, -0.25) is 14.4 Å². The molecule has 0 aliphatic heterocycles. The van der Waals surface area contributed by atoms with E-state index in [9.17, 15) is 14.4 Å². The van der Waals surface area contributed by atoms with Gasteiger partial charge in [-0.15, -0.1) is 11.3 Å². The molecule has 2 amide bonds. The lowest BCUT2D eigenvalue weighted by Gasteiger charge is -2.19. The van der Waals surface area contributed by atoms with Crippen molar-refractivity contribution in [3.8, 4) is 28.4 Å². The van der Waals surface area contributed by atoms with Crippen LogP contribution in [0.1, 0.15) is 66.8 Å². The van der Waals surface area contributed by atoms with Crippen LogP contribution in [0.2, 0.25) is 0 Å².